The zero-order valence-electron chi connectivity index (χ0n) is 9.47. The minimum Gasteiger partial charge on any atom is -0.493 e. The van der Waals surface area contributed by atoms with E-state index in [2.05, 4.69) is 4.98 Å². The van der Waals surface area contributed by atoms with Crippen LogP contribution in [0.25, 0.3) is 0 Å². The van der Waals surface area contributed by atoms with Crippen molar-refractivity contribution >= 4 is 28.8 Å². The lowest BCUT2D eigenvalue weighted by atomic mass is 10.3. The highest BCUT2D eigenvalue weighted by Gasteiger charge is 2.11. The summed E-state index contributed by atoms with van der Waals surface area (Å²) in [5.74, 6) is 1.30. The Hall–Kier alpha value is -1.40. The molecule has 0 amide bonds. The van der Waals surface area contributed by atoms with Crippen molar-refractivity contribution in [3.63, 3.8) is 0 Å². The molecule has 0 aliphatic rings. The molecule has 90 valence electrons. The number of nitrogen functional groups attached to an aromatic ring is 1. The van der Waals surface area contributed by atoms with Gasteiger partial charge in [0.2, 0.25) is 0 Å². The second-order valence-corrected chi connectivity index (χ2v) is 5.33. The van der Waals surface area contributed by atoms with Crippen molar-refractivity contribution in [3.8, 4) is 11.5 Å². The molecule has 0 fully saturated rings. The predicted octanol–water partition coefficient (Wildman–Crippen LogP) is 2.89. The average Bonchev–Trinajstić information content (AvgIpc) is 2.84. The number of rotatable bonds is 4. The maximum Gasteiger partial charge on any atom is 0.162 e. The first-order valence-electron chi connectivity index (χ1n) is 4.83. The first-order valence-corrected chi connectivity index (χ1v) is 6.53. The predicted molar refractivity (Wildman–Crippen MR) is 70.2 cm³/mol. The number of benzene rings is 1. The number of anilines is 1. The van der Waals surface area contributed by atoms with Gasteiger partial charge in [0.05, 0.1) is 14.2 Å². The zero-order chi connectivity index (χ0) is 12.3. The number of hydrogen-bond donors (Lipinski definition) is 1. The van der Waals surface area contributed by atoms with Gasteiger partial charge in [0.25, 0.3) is 0 Å². The molecule has 0 spiro atoms. The van der Waals surface area contributed by atoms with Crippen molar-refractivity contribution in [2.45, 2.75) is 9.24 Å². The standard InChI is InChI=1S/C11H12N2O2S2/c1-14-8-5-7(12)10(6-9(8)15-2)17-11-13-3-4-16-11/h3-6H,12H2,1-2H3. The lowest BCUT2D eigenvalue weighted by Crippen LogP contribution is -1.95. The van der Waals surface area contributed by atoms with Crippen LogP contribution in [-0.2, 0) is 0 Å². The highest BCUT2D eigenvalue weighted by molar-refractivity contribution is 8.01. The summed E-state index contributed by atoms with van der Waals surface area (Å²) in [6.07, 6.45) is 1.77. The summed E-state index contributed by atoms with van der Waals surface area (Å²) in [7, 11) is 3.19. The summed E-state index contributed by atoms with van der Waals surface area (Å²) in [5, 5.41) is 1.93. The Morgan fingerprint density at radius 1 is 1.24 bits per heavy atom. The molecule has 2 rings (SSSR count). The van der Waals surface area contributed by atoms with Crippen molar-refractivity contribution in [1.82, 2.24) is 4.98 Å². The summed E-state index contributed by atoms with van der Waals surface area (Å²) in [4.78, 5) is 5.12. The maximum atomic E-state index is 5.96. The third-order valence-corrected chi connectivity index (χ3v) is 4.08. The second kappa shape index (κ2) is 5.29. The summed E-state index contributed by atoms with van der Waals surface area (Å²) in [6.45, 7) is 0. The van der Waals surface area contributed by atoms with Gasteiger partial charge in [0.15, 0.2) is 15.8 Å². The van der Waals surface area contributed by atoms with E-state index in [9.17, 15) is 0 Å². The Morgan fingerprint density at radius 2 is 1.94 bits per heavy atom. The summed E-state index contributed by atoms with van der Waals surface area (Å²) in [6, 6.07) is 3.62. The van der Waals surface area contributed by atoms with E-state index in [4.69, 9.17) is 15.2 Å². The molecular formula is C11H12N2O2S2. The Labute approximate surface area is 108 Å². The van der Waals surface area contributed by atoms with Gasteiger partial charge in [-0.15, -0.1) is 11.3 Å². The molecule has 17 heavy (non-hydrogen) atoms. The SMILES string of the molecule is COc1cc(N)c(Sc2nccs2)cc1OC. The average molecular weight is 268 g/mol. The quantitative estimate of drug-likeness (QED) is 0.864. The first kappa shape index (κ1) is 12.1. The minimum absolute atomic E-state index is 0.633. The highest BCUT2D eigenvalue weighted by Crippen LogP contribution is 2.40. The van der Waals surface area contributed by atoms with Gasteiger partial charge in [0, 0.05) is 34.3 Å². The van der Waals surface area contributed by atoms with Gasteiger partial charge < -0.3 is 15.2 Å². The fraction of sp³-hybridized carbons (Fsp3) is 0.182. The highest BCUT2D eigenvalue weighted by atomic mass is 32.2. The Balaban J connectivity index is 2.34. The third-order valence-electron chi connectivity index (χ3n) is 2.12. The van der Waals surface area contributed by atoms with E-state index in [1.165, 1.54) is 11.8 Å². The van der Waals surface area contributed by atoms with Crippen LogP contribution in [-0.4, -0.2) is 19.2 Å². The summed E-state index contributed by atoms with van der Waals surface area (Å²) >= 11 is 3.09. The molecule has 0 aliphatic heterocycles. The minimum atomic E-state index is 0.633. The van der Waals surface area contributed by atoms with Gasteiger partial charge in [-0.3, -0.25) is 0 Å². The van der Waals surface area contributed by atoms with Gasteiger partial charge in [-0.05, 0) is 0 Å². The molecule has 0 bridgehead atoms. The summed E-state index contributed by atoms with van der Waals surface area (Å²) < 4.78 is 11.4. The molecule has 0 aliphatic carbocycles. The van der Waals surface area contributed by atoms with Gasteiger partial charge in [0.1, 0.15) is 0 Å². The number of nitrogens with two attached hydrogens (primary N) is 1. The van der Waals surface area contributed by atoms with E-state index < -0.39 is 0 Å². The third kappa shape index (κ3) is 2.65. The Morgan fingerprint density at radius 3 is 2.53 bits per heavy atom. The van der Waals surface area contributed by atoms with Crippen LogP contribution in [0.1, 0.15) is 0 Å². The van der Waals surface area contributed by atoms with Crippen molar-refractivity contribution < 1.29 is 9.47 Å². The molecule has 1 aromatic carbocycles. The topological polar surface area (TPSA) is 57.4 Å². The van der Waals surface area contributed by atoms with Gasteiger partial charge in [-0.25, -0.2) is 4.98 Å². The van der Waals surface area contributed by atoms with E-state index >= 15 is 0 Å². The van der Waals surface area contributed by atoms with Crippen molar-refractivity contribution in [2.24, 2.45) is 0 Å². The summed E-state index contributed by atoms with van der Waals surface area (Å²) in [5.41, 5.74) is 6.61. The van der Waals surface area contributed by atoms with Crippen molar-refractivity contribution in [1.29, 1.82) is 0 Å². The van der Waals surface area contributed by atoms with E-state index in [1.54, 1.807) is 37.8 Å². The molecule has 0 atom stereocenters. The first-order chi connectivity index (χ1) is 8.24. The normalized spacial score (nSPS) is 10.2. The fourth-order valence-corrected chi connectivity index (χ4v) is 2.95. The van der Waals surface area contributed by atoms with Crippen LogP contribution in [0.5, 0.6) is 11.5 Å². The maximum absolute atomic E-state index is 5.96. The molecule has 4 nitrogen and oxygen atoms in total. The van der Waals surface area contributed by atoms with Gasteiger partial charge >= 0.3 is 0 Å². The number of thiazole rings is 1. The van der Waals surface area contributed by atoms with Crippen LogP contribution in [0.15, 0.2) is 32.9 Å². The molecule has 1 heterocycles. The van der Waals surface area contributed by atoms with E-state index in [1.807, 2.05) is 11.4 Å². The lowest BCUT2D eigenvalue weighted by molar-refractivity contribution is 0.354. The monoisotopic (exact) mass is 268 g/mol. The molecule has 0 saturated heterocycles. The van der Waals surface area contributed by atoms with Crippen molar-refractivity contribution in [2.75, 3.05) is 20.0 Å². The van der Waals surface area contributed by atoms with Gasteiger partial charge in [-0.2, -0.15) is 0 Å². The van der Waals surface area contributed by atoms with E-state index in [-0.39, 0.29) is 0 Å². The molecule has 2 aromatic rings. The van der Waals surface area contributed by atoms with Crippen LogP contribution in [0, 0.1) is 0 Å². The molecular weight excluding hydrogens is 256 g/mol. The lowest BCUT2D eigenvalue weighted by Gasteiger charge is -2.11. The fourth-order valence-electron chi connectivity index (χ4n) is 1.32. The Kier molecular flexibility index (Phi) is 3.75. The van der Waals surface area contributed by atoms with Gasteiger partial charge in [-0.1, -0.05) is 11.8 Å². The van der Waals surface area contributed by atoms with Crippen LogP contribution < -0.4 is 15.2 Å². The molecule has 6 heteroatoms. The molecule has 0 saturated carbocycles. The largest absolute Gasteiger partial charge is 0.493 e. The molecule has 0 radical (unpaired) electrons. The number of aromatic nitrogens is 1. The van der Waals surface area contributed by atoms with Crippen LogP contribution in [0.2, 0.25) is 0 Å². The van der Waals surface area contributed by atoms with Crippen molar-refractivity contribution in [3.05, 3.63) is 23.7 Å². The number of hydrogen-bond acceptors (Lipinski definition) is 6. The van der Waals surface area contributed by atoms with E-state index in [0.717, 1.165) is 9.24 Å². The number of methoxy groups -OCH3 is 2. The number of ether oxygens (including phenoxy) is 2. The molecule has 0 unspecified atom stereocenters. The van der Waals surface area contributed by atoms with E-state index in [0.29, 0.717) is 17.2 Å². The number of nitrogens with zero attached hydrogens (tertiary/aromatic N) is 1. The second-order valence-electron chi connectivity index (χ2n) is 3.15. The molecule has 1 aromatic heterocycles. The van der Waals surface area contributed by atoms with Crippen LogP contribution in [0.3, 0.4) is 0 Å². The Bertz CT molecular complexity index is 500. The zero-order valence-corrected chi connectivity index (χ0v) is 11.1. The molecule has 2 N–H and O–H groups in total. The smallest absolute Gasteiger partial charge is 0.162 e. The van der Waals surface area contributed by atoms with Crippen LogP contribution in [0.4, 0.5) is 5.69 Å². The van der Waals surface area contributed by atoms with Crippen LogP contribution >= 0.6 is 23.1 Å².